The van der Waals surface area contributed by atoms with Crippen molar-refractivity contribution in [1.29, 1.82) is 5.26 Å². The molecule has 1 atom stereocenters. The molecule has 1 unspecified atom stereocenters. The lowest BCUT2D eigenvalue weighted by Gasteiger charge is -2.19. The Balaban J connectivity index is 2.15. The fourth-order valence-corrected chi connectivity index (χ4v) is 1.88. The van der Waals surface area contributed by atoms with Crippen molar-refractivity contribution < 1.29 is 5.11 Å². The Bertz CT molecular complexity index is 398. The van der Waals surface area contributed by atoms with Crippen LogP contribution in [-0.4, -0.2) is 23.8 Å². The van der Waals surface area contributed by atoms with Gasteiger partial charge in [0.15, 0.2) is 5.60 Å². The fourth-order valence-electron chi connectivity index (χ4n) is 1.76. The van der Waals surface area contributed by atoms with E-state index in [1.807, 2.05) is 23.1 Å². The molecule has 0 aromatic heterocycles. The molecule has 1 aromatic rings. The van der Waals surface area contributed by atoms with Gasteiger partial charge in [0, 0.05) is 23.7 Å². The second-order valence-electron chi connectivity index (χ2n) is 3.79. The van der Waals surface area contributed by atoms with Gasteiger partial charge in [0.2, 0.25) is 0 Å². The van der Waals surface area contributed by atoms with Crippen molar-refractivity contribution in [3.8, 4) is 6.07 Å². The first-order chi connectivity index (χ1) is 7.13. The summed E-state index contributed by atoms with van der Waals surface area (Å²) < 4.78 is 0. The van der Waals surface area contributed by atoms with Crippen LogP contribution in [-0.2, 0) is 0 Å². The zero-order chi connectivity index (χ0) is 10.9. The average Bonchev–Trinajstić information content (AvgIpc) is 2.63. The van der Waals surface area contributed by atoms with E-state index in [0.29, 0.717) is 24.5 Å². The molecule has 1 aliphatic rings. The lowest BCUT2D eigenvalue weighted by molar-refractivity contribution is 0.123. The van der Waals surface area contributed by atoms with E-state index in [0.717, 1.165) is 5.69 Å². The van der Waals surface area contributed by atoms with E-state index >= 15 is 0 Å². The lowest BCUT2D eigenvalue weighted by Crippen LogP contribution is -2.31. The summed E-state index contributed by atoms with van der Waals surface area (Å²) in [4.78, 5) is 1.99. The van der Waals surface area contributed by atoms with Crippen LogP contribution in [0.5, 0.6) is 0 Å². The number of rotatable bonds is 1. The van der Waals surface area contributed by atoms with E-state index < -0.39 is 5.60 Å². The van der Waals surface area contributed by atoms with E-state index in [9.17, 15) is 5.11 Å². The highest BCUT2D eigenvalue weighted by Gasteiger charge is 2.36. The smallest absolute Gasteiger partial charge is 0.170 e. The first kappa shape index (κ1) is 10.3. The third-order valence-corrected chi connectivity index (χ3v) is 2.90. The third-order valence-electron chi connectivity index (χ3n) is 2.65. The molecule has 0 amide bonds. The molecule has 1 fully saturated rings. The minimum absolute atomic E-state index is 0.366. The Hall–Kier alpha value is -1.24. The van der Waals surface area contributed by atoms with Gasteiger partial charge in [0.25, 0.3) is 0 Å². The van der Waals surface area contributed by atoms with Crippen LogP contribution >= 0.6 is 11.6 Å². The van der Waals surface area contributed by atoms with Crippen molar-refractivity contribution in [3.05, 3.63) is 29.3 Å². The fraction of sp³-hybridized carbons (Fsp3) is 0.364. The molecule has 0 spiro atoms. The van der Waals surface area contributed by atoms with Gasteiger partial charge in [-0.05, 0) is 24.3 Å². The largest absolute Gasteiger partial charge is 0.373 e. The predicted molar refractivity (Wildman–Crippen MR) is 58.8 cm³/mol. The average molecular weight is 223 g/mol. The van der Waals surface area contributed by atoms with Gasteiger partial charge in [-0.25, -0.2) is 0 Å². The standard InChI is InChI=1S/C11H11ClN2O/c12-9-1-3-10(4-2-9)14-6-5-11(15,7-13)8-14/h1-4,15H,5-6,8H2. The summed E-state index contributed by atoms with van der Waals surface area (Å²) >= 11 is 5.78. The number of nitrogens with zero attached hydrogens (tertiary/aromatic N) is 2. The molecule has 0 aliphatic carbocycles. The lowest BCUT2D eigenvalue weighted by atomic mass is 10.1. The number of hydrogen-bond donors (Lipinski definition) is 1. The molecule has 1 aromatic carbocycles. The summed E-state index contributed by atoms with van der Waals surface area (Å²) in [5.74, 6) is 0. The van der Waals surface area contributed by atoms with E-state index in [1.54, 1.807) is 12.1 Å². The van der Waals surface area contributed by atoms with Crippen molar-refractivity contribution in [2.75, 3.05) is 18.0 Å². The van der Waals surface area contributed by atoms with Gasteiger partial charge in [-0.2, -0.15) is 5.26 Å². The molecule has 78 valence electrons. The summed E-state index contributed by atoms with van der Waals surface area (Å²) in [6.07, 6.45) is 0.492. The van der Waals surface area contributed by atoms with Gasteiger partial charge in [-0.3, -0.25) is 0 Å². The summed E-state index contributed by atoms with van der Waals surface area (Å²) in [6, 6.07) is 9.34. The summed E-state index contributed by atoms with van der Waals surface area (Å²) in [5, 5.41) is 19.2. The number of β-amino-alcohol motifs (C(OH)–C–C–N with tert-alkyl or cyclic N) is 1. The number of nitriles is 1. The molecule has 15 heavy (non-hydrogen) atoms. The number of hydrogen-bond acceptors (Lipinski definition) is 3. The molecule has 0 saturated carbocycles. The number of aliphatic hydroxyl groups is 1. The number of halogens is 1. The van der Waals surface area contributed by atoms with E-state index in [-0.39, 0.29) is 0 Å². The van der Waals surface area contributed by atoms with E-state index in [4.69, 9.17) is 16.9 Å². The first-order valence-electron chi connectivity index (χ1n) is 4.77. The van der Waals surface area contributed by atoms with Crippen LogP contribution in [0, 0.1) is 11.3 Å². The molecule has 3 nitrogen and oxygen atoms in total. The topological polar surface area (TPSA) is 47.3 Å². The molecule has 2 rings (SSSR count). The van der Waals surface area contributed by atoms with Crippen molar-refractivity contribution >= 4 is 17.3 Å². The van der Waals surface area contributed by atoms with Crippen LogP contribution < -0.4 is 4.90 Å². The molecule has 4 heteroatoms. The number of benzene rings is 1. The van der Waals surface area contributed by atoms with Gasteiger partial charge in [-0.15, -0.1) is 0 Å². The van der Waals surface area contributed by atoms with Crippen molar-refractivity contribution in [3.63, 3.8) is 0 Å². The maximum absolute atomic E-state index is 9.76. The molecule has 0 bridgehead atoms. The normalized spacial score (nSPS) is 25.3. The van der Waals surface area contributed by atoms with Crippen LogP contribution in [0.2, 0.25) is 5.02 Å². The van der Waals surface area contributed by atoms with E-state index in [1.165, 1.54) is 0 Å². The van der Waals surface area contributed by atoms with Gasteiger partial charge in [0.1, 0.15) is 0 Å². The first-order valence-corrected chi connectivity index (χ1v) is 5.15. The molecule has 1 heterocycles. The second-order valence-corrected chi connectivity index (χ2v) is 4.23. The van der Waals surface area contributed by atoms with Crippen LogP contribution in [0.25, 0.3) is 0 Å². The minimum Gasteiger partial charge on any atom is -0.373 e. The maximum Gasteiger partial charge on any atom is 0.170 e. The van der Waals surface area contributed by atoms with Gasteiger partial charge >= 0.3 is 0 Å². The van der Waals surface area contributed by atoms with Gasteiger partial charge in [0.05, 0.1) is 12.6 Å². The second kappa shape index (κ2) is 3.73. The maximum atomic E-state index is 9.76. The quantitative estimate of drug-likeness (QED) is 0.738. The van der Waals surface area contributed by atoms with Crippen LogP contribution in [0.4, 0.5) is 5.69 Å². The SMILES string of the molecule is N#CC1(O)CCN(c2ccc(Cl)cc2)C1. The summed E-state index contributed by atoms with van der Waals surface area (Å²) in [6.45, 7) is 1.07. The molecular formula is C11H11ClN2O. The van der Waals surface area contributed by atoms with Crippen molar-refractivity contribution in [2.45, 2.75) is 12.0 Å². The minimum atomic E-state index is -1.19. The molecule has 1 N–H and O–H groups in total. The van der Waals surface area contributed by atoms with Crippen LogP contribution in [0.3, 0.4) is 0 Å². The highest BCUT2D eigenvalue weighted by molar-refractivity contribution is 6.30. The molecule has 1 aliphatic heterocycles. The Morgan fingerprint density at radius 1 is 1.40 bits per heavy atom. The van der Waals surface area contributed by atoms with Gasteiger partial charge in [-0.1, -0.05) is 11.6 Å². The Labute approximate surface area is 93.5 Å². The zero-order valence-corrected chi connectivity index (χ0v) is 8.91. The Kier molecular flexibility index (Phi) is 2.56. The van der Waals surface area contributed by atoms with Crippen LogP contribution in [0.15, 0.2) is 24.3 Å². The third kappa shape index (κ3) is 2.06. The Morgan fingerprint density at radius 3 is 2.60 bits per heavy atom. The molecular weight excluding hydrogens is 212 g/mol. The highest BCUT2D eigenvalue weighted by atomic mass is 35.5. The Morgan fingerprint density at radius 2 is 2.07 bits per heavy atom. The van der Waals surface area contributed by atoms with E-state index in [2.05, 4.69) is 0 Å². The highest BCUT2D eigenvalue weighted by Crippen LogP contribution is 2.27. The van der Waals surface area contributed by atoms with Crippen molar-refractivity contribution in [1.82, 2.24) is 0 Å². The number of anilines is 1. The molecule has 0 radical (unpaired) electrons. The zero-order valence-electron chi connectivity index (χ0n) is 8.15. The van der Waals surface area contributed by atoms with Crippen LogP contribution in [0.1, 0.15) is 6.42 Å². The van der Waals surface area contributed by atoms with Crippen molar-refractivity contribution in [2.24, 2.45) is 0 Å². The predicted octanol–water partition coefficient (Wildman–Crippen LogP) is 1.80. The summed E-state index contributed by atoms with van der Waals surface area (Å²) in [5.41, 5.74) is -0.204. The van der Waals surface area contributed by atoms with Gasteiger partial charge < -0.3 is 10.0 Å². The summed E-state index contributed by atoms with van der Waals surface area (Å²) in [7, 11) is 0. The monoisotopic (exact) mass is 222 g/mol. The molecule has 1 saturated heterocycles.